The van der Waals surface area contributed by atoms with Gasteiger partial charge in [0.1, 0.15) is 10.6 Å². The summed E-state index contributed by atoms with van der Waals surface area (Å²) in [6.07, 6.45) is 1.67. The van der Waals surface area contributed by atoms with E-state index in [4.69, 9.17) is 4.18 Å². The molecule has 1 aromatic heterocycles. The first-order valence-electron chi connectivity index (χ1n) is 10.9. The van der Waals surface area contributed by atoms with Crippen LogP contribution in [-0.4, -0.2) is 27.4 Å². The minimum absolute atomic E-state index is 0.0729. The molecule has 0 saturated carbocycles. The molecule has 6 nitrogen and oxygen atoms in total. The number of hydrogen-bond donors (Lipinski definition) is 1. The summed E-state index contributed by atoms with van der Waals surface area (Å²) in [5, 5.41) is 4.68. The van der Waals surface area contributed by atoms with Crippen LogP contribution in [-0.2, 0) is 10.1 Å². The van der Waals surface area contributed by atoms with Gasteiger partial charge in [-0.15, -0.1) is 0 Å². The Bertz CT molecular complexity index is 1470. The van der Waals surface area contributed by atoms with Crippen molar-refractivity contribution in [2.75, 3.05) is 5.32 Å². The second-order valence-electron chi connectivity index (χ2n) is 9.14. The number of anilines is 1. The van der Waals surface area contributed by atoms with Gasteiger partial charge in [-0.1, -0.05) is 61.6 Å². The van der Waals surface area contributed by atoms with Crippen LogP contribution in [0, 0.1) is 6.92 Å². The van der Waals surface area contributed by atoms with Gasteiger partial charge < -0.3 is 9.50 Å². The van der Waals surface area contributed by atoms with Gasteiger partial charge in [0.05, 0.1) is 19.3 Å². The highest BCUT2D eigenvalue weighted by atomic mass is 32.2. The molecule has 0 aliphatic heterocycles. The number of aromatic nitrogens is 1. The van der Waals surface area contributed by atoms with Crippen LogP contribution in [0.2, 0.25) is 19.6 Å². The smallest absolute Gasteiger partial charge is 0.339 e. The number of hydrogen-bond acceptors (Lipinski definition) is 5. The van der Waals surface area contributed by atoms with E-state index in [1.54, 1.807) is 42.6 Å². The molecule has 0 unspecified atom stereocenters. The van der Waals surface area contributed by atoms with Crippen LogP contribution in [0.5, 0.6) is 5.75 Å². The molecule has 4 rings (SSSR count). The Morgan fingerprint density at radius 2 is 1.65 bits per heavy atom. The van der Waals surface area contributed by atoms with Gasteiger partial charge in [0.15, 0.2) is 0 Å². The zero-order valence-electron chi connectivity index (χ0n) is 19.5. The lowest BCUT2D eigenvalue weighted by molar-refractivity contribution is 0.102. The molecule has 34 heavy (non-hydrogen) atoms. The van der Waals surface area contributed by atoms with E-state index in [2.05, 4.69) is 29.9 Å². The molecule has 174 valence electrons. The number of rotatable bonds is 6. The molecule has 0 aliphatic carbocycles. The van der Waals surface area contributed by atoms with E-state index < -0.39 is 18.2 Å². The Morgan fingerprint density at radius 3 is 2.35 bits per heavy atom. The molecule has 0 saturated heterocycles. The van der Waals surface area contributed by atoms with Crippen molar-refractivity contribution in [3.05, 3.63) is 90.1 Å². The van der Waals surface area contributed by atoms with E-state index >= 15 is 0 Å². The van der Waals surface area contributed by atoms with E-state index in [0.717, 1.165) is 16.1 Å². The molecule has 0 spiro atoms. The number of benzene rings is 3. The van der Waals surface area contributed by atoms with Crippen molar-refractivity contribution in [1.29, 1.82) is 0 Å². The maximum Gasteiger partial charge on any atom is 0.339 e. The predicted octanol–water partition coefficient (Wildman–Crippen LogP) is 5.11. The number of nitrogens with one attached hydrogen (secondary N) is 1. The van der Waals surface area contributed by atoms with E-state index in [1.165, 1.54) is 12.1 Å². The first-order valence-corrected chi connectivity index (χ1v) is 15.8. The summed E-state index contributed by atoms with van der Waals surface area (Å²) in [6, 6.07) is 20.7. The van der Waals surface area contributed by atoms with Gasteiger partial charge in [-0.2, -0.15) is 8.42 Å². The third-order valence-electron chi connectivity index (χ3n) is 5.44. The van der Waals surface area contributed by atoms with Crippen molar-refractivity contribution in [2.24, 2.45) is 0 Å². The number of fused-ring (bicyclic) bond motifs is 1. The van der Waals surface area contributed by atoms with Crippen molar-refractivity contribution in [3.8, 4) is 5.75 Å². The Balaban J connectivity index is 1.73. The van der Waals surface area contributed by atoms with E-state index in [0.29, 0.717) is 16.8 Å². The first kappa shape index (κ1) is 23.7. The highest BCUT2D eigenvalue weighted by molar-refractivity contribution is 7.87. The van der Waals surface area contributed by atoms with Crippen LogP contribution in [0.4, 0.5) is 5.69 Å². The maximum atomic E-state index is 13.4. The molecule has 1 N–H and O–H groups in total. The predicted molar refractivity (Wildman–Crippen MR) is 138 cm³/mol. The lowest BCUT2D eigenvalue weighted by atomic mass is 10.1. The first-order chi connectivity index (χ1) is 16.0. The fourth-order valence-electron chi connectivity index (χ4n) is 3.68. The van der Waals surface area contributed by atoms with Gasteiger partial charge in [0.2, 0.25) is 0 Å². The second kappa shape index (κ2) is 9.04. The van der Waals surface area contributed by atoms with Crippen LogP contribution in [0.15, 0.2) is 83.9 Å². The summed E-state index contributed by atoms with van der Waals surface area (Å²) < 4.78 is 31.3. The Hall–Kier alpha value is -3.49. The normalized spacial score (nSPS) is 11.9. The van der Waals surface area contributed by atoms with E-state index in [-0.39, 0.29) is 16.6 Å². The molecule has 1 amide bonds. The van der Waals surface area contributed by atoms with Gasteiger partial charge in [-0.05, 0) is 48.5 Å². The van der Waals surface area contributed by atoms with Crippen LogP contribution in [0.1, 0.15) is 15.9 Å². The van der Waals surface area contributed by atoms with Crippen LogP contribution in [0.3, 0.4) is 0 Å². The zero-order chi connectivity index (χ0) is 24.5. The fourth-order valence-corrected chi connectivity index (χ4v) is 6.22. The average Bonchev–Trinajstić information content (AvgIpc) is 2.80. The molecular formula is C26H26N2O4SSi. The van der Waals surface area contributed by atoms with Crippen molar-refractivity contribution < 1.29 is 17.4 Å². The number of nitrogens with zero attached hydrogens (tertiary/aromatic N) is 1. The molecule has 0 fully saturated rings. The summed E-state index contributed by atoms with van der Waals surface area (Å²) in [5.41, 5.74) is 2.54. The molecule has 3 aromatic carbocycles. The maximum absolute atomic E-state index is 13.4. The minimum Gasteiger partial charge on any atom is -0.379 e. The van der Waals surface area contributed by atoms with Crippen LogP contribution in [0.25, 0.3) is 10.9 Å². The number of aryl methyl sites for hydroxylation is 1. The molecule has 0 radical (unpaired) electrons. The van der Waals surface area contributed by atoms with Gasteiger partial charge in [-0.3, -0.25) is 9.78 Å². The molecule has 0 atom stereocenters. The number of carbonyl (C=O) groups is 1. The monoisotopic (exact) mass is 490 g/mol. The SMILES string of the molecule is Cc1ccc(OS(=O)(=O)c2ccc([Si](C)(C)C)c(C(=O)Nc3cccc4cccnc34)c2)cc1. The van der Waals surface area contributed by atoms with Crippen LogP contribution >= 0.6 is 0 Å². The second-order valence-corrected chi connectivity index (χ2v) is 15.7. The summed E-state index contributed by atoms with van der Waals surface area (Å²) in [7, 11) is -6.12. The standard InChI is InChI=1S/C26H26N2O4SSi/c1-18-10-12-20(13-11-18)32-33(30,31)21-14-15-24(34(2,3)4)22(17-21)26(29)28-23-9-5-7-19-8-6-16-27-25(19)23/h5-17H,1-4H3,(H,28,29). The molecule has 0 aliphatic rings. The van der Waals surface area contributed by atoms with Crippen LogP contribution < -0.4 is 14.7 Å². The van der Waals surface area contributed by atoms with Gasteiger partial charge in [0.25, 0.3) is 5.91 Å². The molecule has 1 heterocycles. The number of carbonyl (C=O) groups excluding carboxylic acids is 1. The Morgan fingerprint density at radius 1 is 0.941 bits per heavy atom. The summed E-state index contributed by atoms with van der Waals surface area (Å²) in [5.74, 6) is -0.171. The Labute approximate surface area is 200 Å². The number of pyridine rings is 1. The van der Waals surface area contributed by atoms with Gasteiger partial charge in [0, 0.05) is 17.1 Å². The molecular weight excluding hydrogens is 464 g/mol. The van der Waals surface area contributed by atoms with Crippen molar-refractivity contribution >= 4 is 45.9 Å². The third kappa shape index (κ3) is 5.03. The molecule has 4 aromatic rings. The Kier molecular flexibility index (Phi) is 6.29. The van der Waals surface area contributed by atoms with E-state index in [1.807, 2.05) is 31.2 Å². The van der Waals surface area contributed by atoms with Gasteiger partial charge in [-0.25, -0.2) is 0 Å². The number of amides is 1. The highest BCUT2D eigenvalue weighted by Gasteiger charge is 2.27. The summed E-state index contributed by atoms with van der Waals surface area (Å²) in [6.45, 7) is 8.23. The number of para-hydroxylation sites is 1. The van der Waals surface area contributed by atoms with Crippen molar-refractivity contribution in [1.82, 2.24) is 4.98 Å². The fraction of sp³-hybridized carbons (Fsp3) is 0.154. The highest BCUT2D eigenvalue weighted by Crippen LogP contribution is 2.24. The zero-order valence-corrected chi connectivity index (χ0v) is 21.3. The summed E-state index contributed by atoms with van der Waals surface area (Å²) in [4.78, 5) is 17.8. The van der Waals surface area contributed by atoms with Crippen molar-refractivity contribution in [3.63, 3.8) is 0 Å². The van der Waals surface area contributed by atoms with Gasteiger partial charge >= 0.3 is 10.1 Å². The molecule has 8 heteroatoms. The lowest BCUT2D eigenvalue weighted by Gasteiger charge is -2.21. The topological polar surface area (TPSA) is 85.4 Å². The quantitative estimate of drug-likeness (QED) is 0.300. The average molecular weight is 491 g/mol. The largest absolute Gasteiger partial charge is 0.379 e. The van der Waals surface area contributed by atoms with Crippen molar-refractivity contribution in [2.45, 2.75) is 31.5 Å². The minimum atomic E-state index is -4.13. The van der Waals surface area contributed by atoms with E-state index in [9.17, 15) is 13.2 Å². The summed E-state index contributed by atoms with van der Waals surface area (Å²) >= 11 is 0. The lowest BCUT2D eigenvalue weighted by Crippen LogP contribution is -2.42. The molecule has 0 bridgehead atoms. The third-order valence-corrected chi connectivity index (χ3v) is 8.74.